The van der Waals surface area contributed by atoms with Crippen LogP contribution in [0.15, 0.2) is 30.5 Å². The van der Waals surface area contributed by atoms with Crippen molar-refractivity contribution in [1.29, 1.82) is 0 Å². The normalized spacial score (nSPS) is 28.1. The van der Waals surface area contributed by atoms with Crippen LogP contribution in [-0.2, 0) is 9.53 Å². The van der Waals surface area contributed by atoms with E-state index in [4.69, 9.17) is 9.47 Å². The average Bonchev–Trinajstić information content (AvgIpc) is 2.71. The molecule has 3 aliphatic rings. The maximum atomic E-state index is 12.0. The molecule has 4 heterocycles. The van der Waals surface area contributed by atoms with Crippen LogP contribution in [-0.4, -0.2) is 42.1 Å². The highest BCUT2D eigenvalue weighted by molar-refractivity contribution is 5.84. The SMILES string of the molecule is CC[C@@H]1CN2CC[C@@H]1C[C@@H]2[C@@H](OC(C)=O)c1ccnc2ccc(OC)cc12. The average molecular weight is 368 g/mol. The molecule has 144 valence electrons. The van der Waals surface area contributed by atoms with Gasteiger partial charge in [-0.2, -0.15) is 0 Å². The Balaban J connectivity index is 1.75. The van der Waals surface area contributed by atoms with Gasteiger partial charge in [0.05, 0.1) is 18.7 Å². The lowest BCUT2D eigenvalue weighted by Gasteiger charge is -2.51. The molecule has 2 aromatic rings. The Kier molecular flexibility index (Phi) is 5.04. The van der Waals surface area contributed by atoms with Crippen LogP contribution in [0.4, 0.5) is 0 Å². The van der Waals surface area contributed by atoms with Crippen molar-refractivity contribution >= 4 is 16.9 Å². The van der Waals surface area contributed by atoms with E-state index in [9.17, 15) is 4.79 Å². The molecule has 27 heavy (non-hydrogen) atoms. The van der Waals surface area contributed by atoms with Gasteiger partial charge in [0.15, 0.2) is 0 Å². The second-order valence-corrected chi connectivity index (χ2v) is 7.83. The molecule has 1 aromatic carbocycles. The molecule has 0 aliphatic carbocycles. The number of carbonyl (C=O) groups excluding carboxylic acids is 1. The molecule has 5 rings (SSSR count). The number of nitrogens with zero attached hydrogens (tertiary/aromatic N) is 2. The summed E-state index contributed by atoms with van der Waals surface area (Å²) in [6.45, 7) is 5.99. The number of ether oxygens (including phenoxy) is 2. The third-order valence-corrected chi connectivity index (χ3v) is 6.39. The smallest absolute Gasteiger partial charge is 0.303 e. The zero-order chi connectivity index (χ0) is 19.0. The first-order valence-electron chi connectivity index (χ1n) is 9.94. The molecule has 3 aliphatic heterocycles. The summed E-state index contributed by atoms with van der Waals surface area (Å²) >= 11 is 0. The standard InChI is InChI=1S/C22H28N2O3/c1-4-15-13-24-10-8-16(15)11-21(24)22(27-14(2)25)18-7-9-23-20-6-5-17(26-3)12-19(18)20/h5-7,9,12,15-16,21-22H,4,8,10-11,13H2,1-3H3/t15-,16-,21-,22+/m1/s1. The van der Waals surface area contributed by atoms with E-state index in [1.807, 2.05) is 30.5 Å². The van der Waals surface area contributed by atoms with E-state index in [2.05, 4.69) is 16.8 Å². The van der Waals surface area contributed by atoms with Crippen LogP contribution in [0.2, 0.25) is 0 Å². The first kappa shape index (κ1) is 18.2. The van der Waals surface area contributed by atoms with E-state index in [0.717, 1.165) is 53.6 Å². The van der Waals surface area contributed by atoms with Crippen LogP contribution >= 0.6 is 0 Å². The molecule has 3 saturated heterocycles. The van der Waals surface area contributed by atoms with Crippen LogP contribution in [0, 0.1) is 11.8 Å². The second-order valence-electron chi connectivity index (χ2n) is 7.83. The summed E-state index contributed by atoms with van der Waals surface area (Å²) in [7, 11) is 1.66. The lowest BCUT2D eigenvalue weighted by atomic mass is 9.72. The molecular weight excluding hydrogens is 340 g/mol. The molecule has 0 spiro atoms. The highest BCUT2D eigenvalue weighted by Gasteiger charge is 2.44. The van der Waals surface area contributed by atoms with Crippen molar-refractivity contribution in [3.63, 3.8) is 0 Å². The molecule has 1 unspecified atom stereocenters. The Labute approximate surface area is 160 Å². The van der Waals surface area contributed by atoms with Gasteiger partial charge in [0.1, 0.15) is 11.9 Å². The number of benzene rings is 1. The summed E-state index contributed by atoms with van der Waals surface area (Å²) in [5.74, 6) is 2.05. The Morgan fingerprint density at radius 3 is 2.89 bits per heavy atom. The number of methoxy groups -OCH3 is 1. The van der Waals surface area contributed by atoms with Gasteiger partial charge in [-0.3, -0.25) is 14.7 Å². The minimum Gasteiger partial charge on any atom is -0.497 e. The number of rotatable bonds is 5. The second kappa shape index (κ2) is 7.47. The van der Waals surface area contributed by atoms with E-state index < -0.39 is 0 Å². The molecule has 5 nitrogen and oxygen atoms in total. The predicted molar refractivity (Wildman–Crippen MR) is 105 cm³/mol. The molecular formula is C22H28N2O3. The van der Waals surface area contributed by atoms with Gasteiger partial charge in [0, 0.05) is 30.6 Å². The molecule has 1 aromatic heterocycles. The van der Waals surface area contributed by atoms with Crippen LogP contribution in [0.3, 0.4) is 0 Å². The topological polar surface area (TPSA) is 51.7 Å². The van der Waals surface area contributed by atoms with Gasteiger partial charge in [-0.05, 0) is 55.5 Å². The molecule has 2 bridgehead atoms. The zero-order valence-corrected chi connectivity index (χ0v) is 16.4. The molecule has 0 saturated carbocycles. The summed E-state index contributed by atoms with van der Waals surface area (Å²) in [6.07, 6.45) is 5.10. The van der Waals surface area contributed by atoms with Crippen molar-refractivity contribution < 1.29 is 14.3 Å². The predicted octanol–water partition coefficient (Wildman–Crippen LogP) is 3.97. The van der Waals surface area contributed by atoms with Crippen LogP contribution in [0.1, 0.15) is 44.8 Å². The van der Waals surface area contributed by atoms with Crippen LogP contribution in [0.25, 0.3) is 10.9 Å². The van der Waals surface area contributed by atoms with Gasteiger partial charge >= 0.3 is 5.97 Å². The molecule has 5 heteroatoms. The lowest BCUT2D eigenvalue weighted by Crippen LogP contribution is -2.55. The Morgan fingerprint density at radius 2 is 2.22 bits per heavy atom. The monoisotopic (exact) mass is 368 g/mol. The molecule has 0 radical (unpaired) electrons. The van der Waals surface area contributed by atoms with Gasteiger partial charge in [0.25, 0.3) is 0 Å². The number of esters is 1. The lowest BCUT2D eigenvalue weighted by molar-refractivity contribution is -0.155. The third kappa shape index (κ3) is 3.41. The minimum absolute atomic E-state index is 0.229. The Bertz CT molecular complexity index is 837. The number of pyridine rings is 1. The number of carbonyl (C=O) groups is 1. The van der Waals surface area contributed by atoms with E-state index >= 15 is 0 Å². The van der Waals surface area contributed by atoms with Crippen molar-refractivity contribution in [2.45, 2.75) is 45.3 Å². The fourth-order valence-electron chi connectivity index (χ4n) is 5.01. The van der Waals surface area contributed by atoms with Crippen LogP contribution < -0.4 is 4.74 Å². The zero-order valence-electron chi connectivity index (χ0n) is 16.4. The largest absolute Gasteiger partial charge is 0.497 e. The minimum atomic E-state index is -0.277. The number of fused-ring (bicyclic) bond motifs is 4. The highest BCUT2D eigenvalue weighted by atomic mass is 16.5. The fraction of sp³-hybridized carbons (Fsp3) is 0.545. The first-order valence-corrected chi connectivity index (χ1v) is 9.94. The summed E-state index contributed by atoms with van der Waals surface area (Å²) in [5.41, 5.74) is 1.92. The molecule has 3 fully saturated rings. The molecule has 5 atom stereocenters. The quantitative estimate of drug-likeness (QED) is 0.748. The van der Waals surface area contributed by atoms with Gasteiger partial charge in [-0.25, -0.2) is 0 Å². The van der Waals surface area contributed by atoms with Crippen molar-refractivity contribution in [2.24, 2.45) is 11.8 Å². The van der Waals surface area contributed by atoms with Gasteiger partial charge in [-0.15, -0.1) is 0 Å². The summed E-state index contributed by atoms with van der Waals surface area (Å²) < 4.78 is 11.3. The van der Waals surface area contributed by atoms with Crippen molar-refractivity contribution in [2.75, 3.05) is 20.2 Å². The van der Waals surface area contributed by atoms with Crippen LogP contribution in [0.5, 0.6) is 5.75 Å². The number of piperidine rings is 3. The third-order valence-electron chi connectivity index (χ3n) is 6.39. The van der Waals surface area contributed by atoms with Gasteiger partial charge < -0.3 is 9.47 Å². The maximum absolute atomic E-state index is 12.0. The molecule has 0 N–H and O–H groups in total. The van der Waals surface area contributed by atoms with Crippen molar-refractivity contribution in [3.05, 3.63) is 36.0 Å². The van der Waals surface area contributed by atoms with Crippen molar-refractivity contribution in [3.8, 4) is 5.75 Å². The summed E-state index contributed by atoms with van der Waals surface area (Å²) in [4.78, 5) is 19.0. The van der Waals surface area contributed by atoms with E-state index in [-0.39, 0.29) is 18.1 Å². The van der Waals surface area contributed by atoms with E-state index in [1.54, 1.807) is 7.11 Å². The number of aromatic nitrogens is 1. The Hall–Kier alpha value is -2.14. The number of hydrogen-bond donors (Lipinski definition) is 0. The van der Waals surface area contributed by atoms with Gasteiger partial charge in [0.2, 0.25) is 0 Å². The molecule has 0 amide bonds. The number of hydrogen-bond acceptors (Lipinski definition) is 5. The van der Waals surface area contributed by atoms with E-state index in [1.165, 1.54) is 19.8 Å². The Morgan fingerprint density at radius 1 is 1.37 bits per heavy atom. The fourth-order valence-corrected chi connectivity index (χ4v) is 5.01. The summed E-state index contributed by atoms with van der Waals surface area (Å²) in [5, 5.41) is 0.998. The van der Waals surface area contributed by atoms with E-state index in [0.29, 0.717) is 0 Å². The first-order chi connectivity index (χ1) is 13.1. The van der Waals surface area contributed by atoms with Gasteiger partial charge in [-0.1, -0.05) is 13.3 Å². The maximum Gasteiger partial charge on any atom is 0.303 e. The highest BCUT2D eigenvalue weighted by Crippen LogP contribution is 2.44. The summed E-state index contributed by atoms with van der Waals surface area (Å²) in [6, 6.07) is 8.10. The van der Waals surface area contributed by atoms with Crippen molar-refractivity contribution in [1.82, 2.24) is 9.88 Å².